The summed E-state index contributed by atoms with van der Waals surface area (Å²) in [7, 11) is 0. The van der Waals surface area contributed by atoms with E-state index in [1.165, 1.54) is 6.20 Å². The molecule has 3 rings (SSSR count). The lowest BCUT2D eigenvalue weighted by Gasteiger charge is -2.27. The minimum atomic E-state index is -0.305. The van der Waals surface area contributed by atoms with Gasteiger partial charge in [-0.1, -0.05) is 35.4 Å². The van der Waals surface area contributed by atoms with Crippen LogP contribution in [0.3, 0.4) is 0 Å². The van der Waals surface area contributed by atoms with Gasteiger partial charge in [0.1, 0.15) is 0 Å². The molecule has 1 N–H and O–H groups in total. The van der Waals surface area contributed by atoms with E-state index in [9.17, 15) is 4.79 Å². The Morgan fingerprint density at radius 3 is 2.77 bits per heavy atom. The van der Waals surface area contributed by atoms with Crippen LogP contribution < -0.4 is 10.2 Å². The Bertz CT molecular complexity index is 806. The summed E-state index contributed by atoms with van der Waals surface area (Å²) in [6.07, 6.45) is 1.48. The molecule has 1 amide bonds. The predicted molar refractivity (Wildman–Crippen MR) is 102 cm³/mol. The van der Waals surface area contributed by atoms with Crippen molar-refractivity contribution in [2.45, 2.75) is 26.8 Å². The monoisotopic (exact) mass is 374 g/mol. The molecule has 2 aromatic rings. The molecule has 1 saturated heterocycles. The molecule has 0 saturated carbocycles. The van der Waals surface area contributed by atoms with E-state index in [4.69, 9.17) is 16.3 Å². The van der Waals surface area contributed by atoms with E-state index in [1.54, 1.807) is 0 Å². The van der Waals surface area contributed by atoms with Crippen LogP contribution in [-0.2, 0) is 4.74 Å². The van der Waals surface area contributed by atoms with Gasteiger partial charge in [0.2, 0.25) is 5.95 Å². The van der Waals surface area contributed by atoms with E-state index in [1.807, 2.05) is 25.7 Å². The molecule has 1 fully saturated rings. The summed E-state index contributed by atoms with van der Waals surface area (Å²) >= 11 is 6.19. The highest BCUT2D eigenvalue weighted by Gasteiger charge is 2.21. The number of benzene rings is 1. The topological polar surface area (TPSA) is 67.4 Å². The lowest BCUT2D eigenvalue weighted by atomic mass is 10.00. The summed E-state index contributed by atoms with van der Waals surface area (Å²) in [6.45, 7) is 8.66. The molecular weight excluding hydrogens is 352 g/mol. The fraction of sp³-hybridized carbons (Fsp3) is 0.421. The Kier molecular flexibility index (Phi) is 5.74. The maximum Gasteiger partial charge on any atom is 0.272 e. The molecule has 0 unspecified atom stereocenters. The molecule has 0 bridgehead atoms. The van der Waals surface area contributed by atoms with Gasteiger partial charge in [0.15, 0.2) is 5.69 Å². The van der Waals surface area contributed by atoms with Crippen LogP contribution >= 0.6 is 11.6 Å². The van der Waals surface area contributed by atoms with Crippen molar-refractivity contribution < 1.29 is 9.53 Å². The molecule has 26 heavy (non-hydrogen) atoms. The summed E-state index contributed by atoms with van der Waals surface area (Å²) in [5, 5.41) is 3.24. The van der Waals surface area contributed by atoms with Crippen LogP contribution in [0.25, 0.3) is 0 Å². The molecule has 1 aromatic carbocycles. The highest BCUT2D eigenvalue weighted by atomic mass is 35.5. The van der Waals surface area contributed by atoms with E-state index >= 15 is 0 Å². The fourth-order valence-electron chi connectivity index (χ4n) is 3.00. The van der Waals surface area contributed by atoms with Crippen molar-refractivity contribution in [2.24, 2.45) is 0 Å². The van der Waals surface area contributed by atoms with E-state index in [-0.39, 0.29) is 22.7 Å². The number of hydrogen-bond acceptors (Lipinski definition) is 5. The molecule has 1 aliphatic rings. The van der Waals surface area contributed by atoms with Crippen molar-refractivity contribution in [2.75, 3.05) is 31.2 Å². The Hall–Kier alpha value is -2.18. The predicted octanol–water partition coefficient (Wildman–Crippen LogP) is 3.07. The zero-order valence-electron chi connectivity index (χ0n) is 15.3. The third kappa shape index (κ3) is 4.14. The molecule has 7 heteroatoms. The van der Waals surface area contributed by atoms with Gasteiger partial charge in [-0.15, -0.1) is 0 Å². The number of rotatable bonds is 4. The first-order valence-electron chi connectivity index (χ1n) is 8.69. The number of carbonyl (C=O) groups excluding carboxylic acids is 1. The third-order valence-corrected chi connectivity index (χ3v) is 4.77. The summed E-state index contributed by atoms with van der Waals surface area (Å²) < 4.78 is 5.34. The van der Waals surface area contributed by atoms with Crippen LogP contribution in [0, 0.1) is 13.8 Å². The molecule has 1 atom stereocenters. The average Bonchev–Trinajstić information content (AvgIpc) is 2.64. The molecule has 0 aliphatic carbocycles. The van der Waals surface area contributed by atoms with E-state index in [0.717, 1.165) is 16.7 Å². The fourth-order valence-corrected chi connectivity index (χ4v) is 3.18. The standard InChI is InChI=1S/C19H23ClN4O2/c1-12-4-5-13(2)15(10-12)14(3)22-18(25)17-16(20)11-21-19(23-17)24-6-8-26-9-7-24/h4-5,10-11,14H,6-9H2,1-3H3,(H,22,25)/t14-/m1/s1. The smallest absolute Gasteiger partial charge is 0.272 e. The largest absolute Gasteiger partial charge is 0.378 e. The van der Waals surface area contributed by atoms with Gasteiger partial charge in [-0.3, -0.25) is 4.79 Å². The van der Waals surface area contributed by atoms with E-state index in [0.29, 0.717) is 32.3 Å². The van der Waals surface area contributed by atoms with E-state index in [2.05, 4.69) is 33.5 Å². The second-order valence-electron chi connectivity index (χ2n) is 6.52. The number of ether oxygens (including phenoxy) is 1. The Morgan fingerprint density at radius 1 is 1.31 bits per heavy atom. The first kappa shape index (κ1) is 18.6. The Morgan fingerprint density at radius 2 is 2.04 bits per heavy atom. The van der Waals surface area contributed by atoms with Gasteiger partial charge in [-0.05, 0) is 31.9 Å². The SMILES string of the molecule is Cc1ccc(C)c([C@@H](C)NC(=O)c2nc(N3CCOCC3)ncc2Cl)c1. The van der Waals surface area contributed by atoms with Crippen LogP contribution in [0.4, 0.5) is 5.95 Å². The minimum Gasteiger partial charge on any atom is -0.378 e. The van der Waals surface area contributed by atoms with Crippen molar-refractivity contribution in [3.05, 3.63) is 51.8 Å². The summed E-state index contributed by atoms with van der Waals surface area (Å²) in [6, 6.07) is 6.05. The van der Waals surface area contributed by atoms with Crippen molar-refractivity contribution >= 4 is 23.5 Å². The van der Waals surface area contributed by atoms with Gasteiger partial charge >= 0.3 is 0 Å². The Balaban J connectivity index is 1.79. The van der Waals surface area contributed by atoms with Crippen molar-refractivity contribution in [1.82, 2.24) is 15.3 Å². The number of halogens is 1. The van der Waals surface area contributed by atoms with Gasteiger partial charge in [0.05, 0.1) is 30.5 Å². The molecule has 6 nitrogen and oxygen atoms in total. The number of anilines is 1. The quantitative estimate of drug-likeness (QED) is 0.890. The minimum absolute atomic E-state index is 0.153. The molecule has 1 aromatic heterocycles. The maximum absolute atomic E-state index is 12.8. The van der Waals surface area contributed by atoms with Crippen molar-refractivity contribution in [3.63, 3.8) is 0 Å². The summed E-state index contributed by atoms with van der Waals surface area (Å²) in [5.41, 5.74) is 3.56. The number of hydrogen-bond donors (Lipinski definition) is 1. The van der Waals surface area contributed by atoms with Gasteiger partial charge in [-0.25, -0.2) is 9.97 Å². The lowest BCUT2D eigenvalue weighted by molar-refractivity contribution is 0.0934. The molecule has 0 spiro atoms. The molecule has 138 valence electrons. The van der Waals surface area contributed by atoms with Crippen molar-refractivity contribution in [3.8, 4) is 0 Å². The second-order valence-corrected chi connectivity index (χ2v) is 6.93. The highest BCUT2D eigenvalue weighted by Crippen LogP contribution is 2.21. The van der Waals surface area contributed by atoms with Crippen molar-refractivity contribution in [1.29, 1.82) is 0 Å². The average molecular weight is 375 g/mol. The van der Waals surface area contributed by atoms with Gasteiger partial charge in [0.25, 0.3) is 5.91 Å². The first-order valence-corrected chi connectivity index (χ1v) is 9.06. The number of carbonyl (C=O) groups is 1. The summed E-state index contributed by atoms with van der Waals surface area (Å²) in [4.78, 5) is 23.4. The normalized spacial score (nSPS) is 15.6. The number of amides is 1. The highest BCUT2D eigenvalue weighted by molar-refractivity contribution is 6.33. The number of morpholine rings is 1. The number of aromatic nitrogens is 2. The summed E-state index contributed by atoms with van der Waals surface area (Å²) in [5.74, 6) is 0.197. The second kappa shape index (κ2) is 8.01. The van der Waals surface area contributed by atoms with Gasteiger partial charge < -0.3 is 15.0 Å². The Labute approximate surface area is 158 Å². The lowest BCUT2D eigenvalue weighted by Crippen LogP contribution is -2.38. The van der Waals surface area contributed by atoms with Gasteiger partial charge in [0, 0.05) is 13.1 Å². The van der Waals surface area contributed by atoms with Crippen LogP contribution in [0.1, 0.15) is 40.1 Å². The first-order chi connectivity index (χ1) is 12.5. The maximum atomic E-state index is 12.8. The molecular formula is C19H23ClN4O2. The number of nitrogens with one attached hydrogen (secondary N) is 1. The van der Waals surface area contributed by atoms with E-state index < -0.39 is 0 Å². The van der Waals surface area contributed by atoms with Gasteiger partial charge in [-0.2, -0.15) is 0 Å². The van der Waals surface area contributed by atoms with Crippen LogP contribution in [0.5, 0.6) is 0 Å². The zero-order valence-corrected chi connectivity index (χ0v) is 16.0. The molecule has 0 radical (unpaired) electrons. The number of nitrogens with zero attached hydrogens (tertiary/aromatic N) is 3. The van der Waals surface area contributed by atoms with Crippen LogP contribution in [0.2, 0.25) is 5.02 Å². The molecule has 1 aliphatic heterocycles. The molecule has 2 heterocycles. The zero-order chi connectivity index (χ0) is 18.7. The number of aryl methyl sites for hydroxylation is 2. The van der Waals surface area contributed by atoms with Crippen LogP contribution in [0.15, 0.2) is 24.4 Å². The third-order valence-electron chi connectivity index (χ3n) is 4.49. The van der Waals surface area contributed by atoms with Crippen LogP contribution in [-0.4, -0.2) is 42.2 Å².